The van der Waals surface area contributed by atoms with E-state index in [-0.39, 0.29) is 27.3 Å². The highest BCUT2D eigenvalue weighted by Crippen LogP contribution is 2.31. The molecule has 0 spiro atoms. The molecule has 2 aromatic carbocycles. The SMILES string of the molecule is CN(Cc1ccc(F)cc1)S(=O)(=O)c1c(Cl)cccc1Cl. The fraction of sp³-hybridized carbons (Fsp3) is 0.143. The summed E-state index contributed by atoms with van der Waals surface area (Å²) in [4.78, 5) is -0.127. The standard InChI is InChI=1S/C14H12Cl2FNO2S/c1-18(9-10-5-7-11(17)8-6-10)21(19,20)14-12(15)3-2-4-13(14)16/h2-8H,9H2,1H3. The fourth-order valence-corrected chi connectivity index (χ4v) is 4.06. The Hall–Kier alpha value is -1.14. The number of hydrogen-bond donors (Lipinski definition) is 0. The second-order valence-electron chi connectivity index (χ2n) is 4.44. The van der Waals surface area contributed by atoms with Crippen molar-refractivity contribution in [2.75, 3.05) is 7.05 Å². The van der Waals surface area contributed by atoms with Crippen LogP contribution in [0.4, 0.5) is 4.39 Å². The molecule has 0 saturated heterocycles. The predicted octanol–water partition coefficient (Wildman–Crippen LogP) is 3.95. The first-order valence-corrected chi connectivity index (χ1v) is 8.17. The van der Waals surface area contributed by atoms with Gasteiger partial charge in [0.05, 0.1) is 10.0 Å². The van der Waals surface area contributed by atoms with Gasteiger partial charge in [-0.1, -0.05) is 41.4 Å². The summed E-state index contributed by atoms with van der Waals surface area (Å²) in [7, 11) is -2.42. The van der Waals surface area contributed by atoms with Gasteiger partial charge in [-0.3, -0.25) is 0 Å². The molecule has 0 aromatic heterocycles. The van der Waals surface area contributed by atoms with Crippen molar-refractivity contribution in [2.45, 2.75) is 11.4 Å². The Morgan fingerprint density at radius 2 is 1.57 bits per heavy atom. The summed E-state index contributed by atoms with van der Waals surface area (Å²) in [6, 6.07) is 10.1. The zero-order chi connectivity index (χ0) is 15.6. The van der Waals surface area contributed by atoms with E-state index in [0.717, 1.165) is 4.31 Å². The van der Waals surface area contributed by atoms with Gasteiger partial charge in [0.1, 0.15) is 10.7 Å². The summed E-state index contributed by atoms with van der Waals surface area (Å²) >= 11 is 11.9. The van der Waals surface area contributed by atoms with Crippen LogP contribution in [0.15, 0.2) is 47.4 Å². The molecule has 0 fully saturated rings. The smallest absolute Gasteiger partial charge is 0.207 e. The fourth-order valence-electron chi connectivity index (χ4n) is 1.82. The zero-order valence-electron chi connectivity index (χ0n) is 11.1. The highest BCUT2D eigenvalue weighted by atomic mass is 35.5. The lowest BCUT2D eigenvalue weighted by Crippen LogP contribution is -2.27. The van der Waals surface area contributed by atoms with Gasteiger partial charge in [-0.05, 0) is 29.8 Å². The Morgan fingerprint density at radius 3 is 2.10 bits per heavy atom. The molecule has 0 aliphatic heterocycles. The van der Waals surface area contributed by atoms with Gasteiger partial charge in [0, 0.05) is 13.6 Å². The van der Waals surface area contributed by atoms with Crippen LogP contribution in [0.3, 0.4) is 0 Å². The average Bonchev–Trinajstić information content (AvgIpc) is 2.40. The first-order valence-electron chi connectivity index (χ1n) is 5.97. The van der Waals surface area contributed by atoms with Gasteiger partial charge < -0.3 is 0 Å². The predicted molar refractivity (Wildman–Crippen MR) is 81.5 cm³/mol. The molecule has 0 amide bonds. The number of sulfonamides is 1. The monoisotopic (exact) mass is 347 g/mol. The van der Waals surface area contributed by atoms with Crippen molar-refractivity contribution in [3.63, 3.8) is 0 Å². The van der Waals surface area contributed by atoms with Crippen LogP contribution in [0.1, 0.15) is 5.56 Å². The van der Waals surface area contributed by atoms with E-state index in [0.29, 0.717) is 5.56 Å². The normalized spacial score (nSPS) is 11.9. The minimum Gasteiger partial charge on any atom is -0.207 e. The van der Waals surface area contributed by atoms with Crippen molar-refractivity contribution in [3.05, 3.63) is 63.9 Å². The Labute approximate surface area is 133 Å². The molecule has 0 aliphatic rings. The molecule has 2 rings (SSSR count). The highest BCUT2D eigenvalue weighted by Gasteiger charge is 2.26. The minimum atomic E-state index is -3.83. The number of hydrogen-bond acceptors (Lipinski definition) is 2. The van der Waals surface area contributed by atoms with Crippen LogP contribution in [-0.2, 0) is 16.6 Å². The van der Waals surface area contributed by atoms with E-state index < -0.39 is 10.0 Å². The van der Waals surface area contributed by atoms with Crippen LogP contribution >= 0.6 is 23.2 Å². The zero-order valence-corrected chi connectivity index (χ0v) is 13.4. The number of halogens is 3. The van der Waals surface area contributed by atoms with Crippen molar-refractivity contribution in [1.29, 1.82) is 0 Å². The van der Waals surface area contributed by atoms with Gasteiger partial charge >= 0.3 is 0 Å². The third-order valence-electron chi connectivity index (χ3n) is 2.91. The molecular formula is C14H12Cl2FNO2S. The molecular weight excluding hydrogens is 336 g/mol. The Bertz CT molecular complexity index is 728. The third kappa shape index (κ3) is 3.55. The Morgan fingerprint density at radius 1 is 1.05 bits per heavy atom. The molecule has 0 unspecified atom stereocenters. The average molecular weight is 348 g/mol. The van der Waals surface area contributed by atoms with Crippen LogP contribution in [0.2, 0.25) is 10.0 Å². The molecule has 0 saturated carbocycles. The van der Waals surface area contributed by atoms with E-state index in [4.69, 9.17) is 23.2 Å². The number of benzene rings is 2. The van der Waals surface area contributed by atoms with Gasteiger partial charge in [0.15, 0.2) is 0 Å². The lowest BCUT2D eigenvalue weighted by Gasteiger charge is -2.19. The maximum absolute atomic E-state index is 12.9. The van der Waals surface area contributed by atoms with Gasteiger partial charge in [-0.15, -0.1) is 0 Å². The van der Waals surface area contributed by atoms with Gasteiger partial charge in [0.2, 0.25) is 10.0 Å². The van der Waals surface area contributed by atoms with Crippen molar-refractivity contribution in [3.8, 4) is 0 Å². The molecule has 0 bridgehead atoms. The first-order chi connectivity index (χ1) is 9.82. The van der Waals surface area contributed by atoms with Crippen molar-refractivity contribution < 1.29 is 12.8 Å². The highest BCUT2D eigenvalue weighted by molar-refractivity contribution is 7.89. The summed E-state index contributed by atoms with van der Waals surface area (Å²) in [6.07, 6.45) is 0. The summed E-state index contributed by atoms with van der Waals surface area (Å²) in [6.45, 7) is 0.0875. The minimum absolute atomic E-state index is 0.0634. The summed E-state index contributed by atoms with van der Waals surface area (Å²) in [5.74, 6) is -0.376. The molecule has 0 atom stereocenters. The second-order valence-corrected chi connectivity index (χ2v) is 7.23. The summed E-state index contributed by atoms with van der Waals surface area (Å²) in [5, 5.41) is 0.127. The number of rotatable bonds is 4. The molecule has 112 valence electrons. The molecule has 2 aromatic rings. The maximum atomic E-state index is 12.9. The molecule has 0 radical (unpaired) electrons. The Balaban J connectivity index is 2.33. The van der Waals surface area contributed by atoms with E-state index >= 15 is 0 Å². The second kappa shape index (κ2) is 6.32. The largest absolute Gasteiger partial charge is 0.246 e. The quantitative estimate of drug-likeness (QED) is 0.839. The van der Waals surface area contributed by atoms with E-state index in [1.165, 1.54) is 43.4 Å². The first kappa shape index (κ1) is 16.2. The Kier molecular flexibility index (Phi) is 4.88. The van der Waals surface area contributed by atoms with Crippen LogP contribution in [-0.4, -0.2) is 19.8 Å². The van der Waals surface area contributed by atoms with Crippen molar-refractivity contribution in [1.82, 2.24) is 4.31 Å². The van der Waals surface area contributed by atoms with Crippen LogP contribution in [0.5, 0.6) is 0 Å². The topological polar surface area (TPSA) is 37.4 Å². The lowest BCUT2D eigenvalue weighted by molar-refractivity contribution is 0.466. The van der Waals surface area contributed by atoms with Crippen molar-refractivity contribution >= 4 is 33.2 Å². The number of nitrogens with zero attached hydrogens (tertiary/aromatic N) is 1. The maximum Gasteiger partial charge on any atom is 0.246 e. The van der Waals surface area contributed by atoms with Gasteiger partial charge in [-0.2, -0.15) is 4.31 Å². The van der Waals surface area contributed by atoms with E-state index in [1.807, 2.05) is 0 Å². The van der Waals surface area contributed by atoms with Crippen molar-refractivity contribution in [2.24, 2.45) is 0 Å². The third-order valence-corrected chi connectivity index (χ3v) is 5.67. The van der Waals surface area contributed by atoms with Gasteiger partial charge in [0.25, 0.3) is 0 Å². The summed E-state index contributed by atoms with van der Waals surface area (Å²) < 4.78 is 39.0. The van der Waals surface area contributed by atoms with Crippen LogP contribution < -0.4 is 0 Å². The van der Waals surface area contributed by atoms with Gasteiger partial charge in [-0.25, -0.2) is 12.8 Å². The molecule has 0 N–H and O–H groups in total. The molecule has 3 nitrogen and oxygen atoms in total. The van der Waals surface area contributed by atoms with Crippen LogP contribution in [0, 0.1) is 5.82 Å². The molecule has 7 heteroatoms. The molecule has 21 heavy (non-hydrogen) atoms. The van der Waals surface area contributed by atoms with E-state index in [2.05, 4.69) is 0 Å². The van der Waals surface area contributed by atoms with E-state index in [1.54, 1.807) is 6.07 Å². The van der Waals surface area contributed by atoms with Crippen LogP contribution in [0.25, 0.3) is 0 Å². The van der Waals surface area contributed by atoms with E-state index in [9.17, 15) is 12.8 Å². The summed E-state index contributed by atoms with van der Waals surface area (Å²) in [5.41, 5.74) is 0.658. The molecule has 0 heterocycles. The lowest BCUT2D eigenvalue weighted by atomic mass is 10.2. The molecule has 0 aliphatic carbocycles.